The number of halogens is 4. The van der Waals surface area contributed by atoms with E-state index in [2.05, 4.69) is 20.1 Å². The molecule has 1 aliphatic heterocycles. The maximum atomic E-state index is 14.0. The lowest BCUT2D eigenvalue weighted by atomic mass is 10.1. The van der Waals surface area contributed by atoms with Crippen LogP contribution in [0.2, 0.25) is 5.02 Å². The first-order chi connectivity index (χ1) is 23.0. The topological polar surface area (TPSA) is 154 Å². The number of carbonyl (C=O) groups is 2. The molecule has 1 fully saturated rings. The lowest BCUT2D eigenvalue weighted by Gasteiger charge is -2.37. The third kappa shape index (κ3) is 7.59. The summed E-state index contributed by atoms with van der Waals surface area (Å²) >= 11 is 6.07. The molecule has 0 aliphatic carbocycles. The van der Waals surface area contributed by atoms with Gasteiger partial charge >= 0.3 is 6.18 Å². The molecule has 0 saturated carbocycles. The second-order valence-corrected chi connectivity index (χ2v) is 13.7. The number of anilines is 4. The van der Waals surface area contributed by atoms with Gasteiger partial charge < -0.3 is 24.6 Å². The van der Waals surface area contributed by atoms with E-state index in [9.17, 15) is 36.0 Å². The van der Waals surface area contributed by atoms with Crippen LogP contribution in [0.25, 0.3) is 5.78 Å². The molecule has 0 radical (unpaired) electrons. The summed E-state index contributed by atoms with van der Waals surface area (Å²) in [5, 5.41) is 6.60. The van der Waals surface area contributed by atoms with Gasteiger partial charge in [-0.3, -0.25) is 19.1 Å². The average molecular weight is 724 g/mol. The van der Waals surface area contributed by atoms with E-state index < -0.39 is 33.2 Å². The van der Waals surface area contributed by atoms with Gasteiger partial charge in [0.05, 0.1) is 39.5 Å². The van der Waals surface area contributed by atoms with Crippen molar-refractivity contribution >= 4 is 62.2 Å². The van der Waals surface area contributed by atoms with E-state index in [4.69, 9.17) is 11.6 Å². The third-order valence-corrected chi connectivity index (χ3v) is 8.66. The molecular weight excluding hydrogens is 691 g/mol. The van der Waals surface area contributed by atoms with Crippen LogP contribution in [0, 0.1) is 0 Å². The molecule has 2 amide bonds. The van der Waals surface area contributed by atoms with Gasteiger partial charge in [-0.15, -0.1) is 5.10 Å². The van der Waals surface area contributed by atoms with Crippen LogP contribution in [0.3, 0.4) is 0 Å². The highest BCUT2D eigenvalue weighted by molar-refractivity contribution is 7.92. The van der Waals surface area contributed by atoms with Crippen molar-refractivity contribution < 1.29 is 31.2 Å². The number of piperazine rings is 1. The van der Waals surface area contributed by atoms with Gasteiger partial charge in [-0.05, 0) is 36.8 Å². The molecule has 0 spiro atoms. The predicted octanol–water partition coefficient (Wildman–Crippen LogP) is 3.16. The Morgan fingerprint density at radius 3 is 2.31 bits per heavy atom. The summed E-state index contributed by atoms with van der Waals surface area (Å²) in [6.07, 6.45) is -3.34. The number of nitrogens with one attached hydrogen (secondary N) is 2. The number of para-hydroxylation sites is 1. The molecule has 0 atom stereocenters. The molecule has 262 valence electrons. The molecule has 1 saturated heterocycles. The fourth-order valence-electron chi connectivity index (χ4n) is 5.50. The van der Waals surface area contributed by atoms with Crippen molar-refractivity contribution in [3.8, 4) is 0 Å². The Kier molecular flexibility index (Phi) is 9.83. The fraction of sp³-hybridized carbons (Fsp3) is 0.367. The lowest BCUT2D eigenvalue weighted by Crippen LogP contribution is -2.51. The summed E-state index contributed by atoms with van der Waals surface area (Å²) in [5.41, 5.74) is -0.456. The zero-order valence-electron chi connectivity index (χ0n) is 26.9. The van der Waals surface area contributed by atoms with Gasteiger partial charge in [0.15, 0.2) is 0 Å². The summed E-state index contributed by atoms with van der Waals surface area (Å²) in [6.45, 7) is 2.25. The van der Waals surface area contributed by atoms with Crippen molar-refractivity contribution in [1.29, 1.82) is 0 Å². The van der Waals surface area contributed by atoms with Crippen molar-refractivity contribution in [2.75, 3.05) is 66.4 Å². The van der Waals surface area contributed by atoms with Crippen LogP contribution in [-0.4, -0.2) is 90.8 Å². The molecule has 3 heterocycles. The number of nitrogens with zero attached hydrogens (tertiary/aromatic N) is 7. The van der Waals surface area contributed by atoms with Crippen molar-refractivity contribution in [2.24, 2.45) is 0 Å². The van der Waals surface area contributed by atoms with Gasteiger partial charge in [0.25, 0.3) is 11.5 Å². The zero-order valence-corrected chi connectivity index (χ0v) is 28.4. The minimum absolute atomic E-state index is 0.0282. The molecule has 0 bridgehead atoms. The number of hydrogen-bond acceptors (Lipinski definition) is 9. The monoisotopic (exact) mass is 723 g/mol. The van der Waals surface area contributed by atoms with Crippen LogP contribution in [0.15, 0.2) is 47.3 Å². The maximum Gasteiger partial charge on any atom is 0.416 e. The van der Waals surface area contributed by atoms with Gasteiger partial charge in [-0.25, -0.2) is 8.42 Å². The molecule has 2 aromatic carbocycles. The highest BCUT2D eigenvalue weighted by Gasteiger charge is 2.32. The van der Waals surface area contributed by atoms with E-state index in [1.165, 1.54) is 16.7 Å². The number of aromatic nitrogens is 4. The first-order valence-electron chi connectivity index (χ1n) is 15.0. The number of fused-ring (bicyclic) bond motifs is 1. The summed E-state index contributed by atoms with van der Waals surface area (Å²) in [6, 6.07) is 8.86. The Hall–Kier alpha value is -4.84. The van der Waals surface area contributed by atoms with Gasteiger partial charge in [-0.1, -0.05) is 30.7 Å². The number of sulfonamides is 1. The Bertz CT molecular complexity index is 2090. The number of hydrogen-bond donors (Lipinski definition) is 2. The number of benzene rings is 2. The highest BCUT2D eigenvalue weighted by atomic mass is 35.5. The molecule has 1 aliphatic rings. The second kappa shape index (κ2) is 13.6. The van der Waals surface area contributed by atoms with Crippen LogP contribution in [0.1, 0.15) is 28.5 Å². The van der Waals surface area contributed by atoms with Crippen molar-refractivity contribution in [1.82, 2.24) is 24.1 Å². The quantitative estimate of drug-likeness (QED) is 0.265. The smallest absolute Gasteiger partial charge is 0.362 e. The predicted molar refractivity (Wildman–Crippen MR) is 179 cm³/mol. The molecule has 49 heavy (non-hydrogen) atoms. The minimum Gasteiger partial charge on any atom is -0.362 e. The largest absolute Gasteiger partial charge is 0.416 e. The number of alkyl halides is 3. The Morgan fingerprint density at radius 2 is 1.71 bits per heavy atom. The van der Waals surface area contributed by atoms with Crippen LogP contribution in [0.5, 0.6) is 0 Å². The van der Waals surface area contributed by atoms with Crippen LogP contribution >= 0.6 is 11.6 Å². The van der Waals surface area contributed by atoms with Gasteiger partial charge in [0, 0.05) is 40.3 Å². The maximum absolute atomic E-state index is 14.0. The number of amides is 2. The average Bonchev–Trinajstić information content (AvgIpc) is 3.49. The summed E-state index contributed by atoms with van der Waals surface area (Å²) in [7, 11) is -0.271. The summed E-state index contributed by atoms with van der Waals surface area (Å²) < 4.78 is 68.1. The molecule has 2 aromatic heterocycles. The van der Waals surface area contributed by atoms with Gasteiger partial charge in [0.1, 0.15) is 12.2 Å². The Morgan fingerprint density at radius 1 is 1.04 bits per heavy atom. The van der Waals surface area contributed by atoms with E-state index in [0.717, 1.165) is 29.0 Å². The van der Waals surface area contributed by atoms with Crippen LogP contribution in [0.4, 0.5) is 36.2 Å². The first kappa shape index (κ1) is 35.5. The number of carbonyl (C=O) groups excluding carboxylic acids is 2. The van der Waals surface area contributed by atoms with E-state index in [1.54, 1.807) is 47.9 Å². The van der Waals surface area contributed by atoms with Crippen LogP contribution in [-0.2, 0) is 34.0 Å². The van der Waals surface area contributed by atoms with Gasteiger partial charge in [-0.2, -0.15) is 22.7 Å². The highest BCUT2D eigenvalue weighted by Crippen LogP contribution is 2.34. The SMILES string of the molecule is CCc1c(N2CCN(C(=O)c3ccccc3NS(C)(=O)=O)CC2)c(=O)n2nc(N(C)C)nc2n1CC(=O)Nc1ccc(C(F)(F)F)cc1Cl. The fourth-order valence-corrected chi connectivity index (χ4v) is 6.30. The molecule has 4 aromatic rings. The standard InChI is InChI=1S/C30H33ClF3N9O5S/c1-5-23-25(40-12-14-41(15-13-40)26(45)19-8-6-7-9-21(19)38-49(4,47)48)27(46)43-29(36-28(37-43)39(2)3)42(23)17-24(44)35-22-11-10-18(16-20(22)31)30(32,33)34/h6-11,16,38H,5,12-15,17H2,1-4H3,(H,35,44). The molecule has 5 rings (SSSR count). The van der Waals surface area contributed by atoms with E-state index in [0.29, 0.717) is 5.69 Å². The summed E-state index contributed by atoms with van der Waals surface area (Å²) in [4.78, 5) is 50.2. The molecule has 0 unspecified atom stereocenters. The Labute approximate surface area is 284 Å². The van der Waals surface area contributed by atoms with E-state index in [-0.39, 0.29) is 84.4 Å². The summed E-state index contributed by atoms with van der Waals surface area (Å²) in [5.74, 6) is -0.751. The number of rotatable bonds is 9. The van der Waals surface area contributed by atoms with Gasteiger partial charge in [0.2, 0.25) is 27.7 Å². The lowest BCUT2D eigenvalue weighted by molar-refractivity contribution is -0.137. The Balaban J connectivity index is 1.46. The van der Waals surface area contributed by atoms with E-state index in [1.807, 2.05) is 0 Å². The molecule has 14 nitrogen and oxygen atoms in total. The van der Waals surface area contributed by atoms with Crippen LogP contribution < -0.4 is 25.4 Å². The normalized spacial score (nSPS) is 13.9. The molecule has 19 heteroatoms. The van der Waals surface area contributed by atoms with Crippen molar-refractivity contribution in [2.45, 2.75) is 26.1 Å². The molecular formula is C30H33ClF3N9O5S. The molecule has 2 N–H and O–H groups in total. The minimum atomic E-state index is -4.61. The second-order valence-electron chi connectivity index (χ2n) is 11.5. The van der Waals surface area contributed by atoms with E-state index >= 15 is 0 Å². The first-order valence-corrected chi connectivity index (χ1v) is 17.2. The van der Waals surface area contributed by atoms with Crippen molar-refractivity contribution in [3.05, 3.63) is 74.7 Å². The van der Waals surface area contributed by atoms with Crippen molar-refractivity contribution in [3.63, 3.8) is 0 Å². The zero-order chi connectivity index (χ0) is 35.8. The third-order valence-electron chi connectivity index (χ3n) is 7.76.